The van der Waals surface area contributed by atoms with Gasteiger partial charge in [-0.2, -0.15) is 0 Å². The molecule has 0 aromatic heterocycles. The average molecular weight is 312 g/mol. The molecule has 3 heteroatoms. The maximum absolute atomic E-state index is 5.57. The van der Waals surface area contributed by atoms with Crippen molar-refractivity contribution in [1.82, 2.24) is 0 Å². The molecule has 2 rings (SSSR count). The van der Waals surface area contributed by atoms with Crippen molar-refractivity contribution in [3.8, 4) is 5.75 Å². The summed E-state index contributed by atoms with van der Waals surface area (Å²) in [6, 6.07) is 18.7. The summed E-state index contributed by atoms with van der Waals surface area (Å²) < 4.78 is 5.57. The fraction of sp³-hybridized carbons (Fsp3) is 0.300. The highest BCUT2D eigenvalue weighted by atomic mass is 16.5. The third-order valence-electron chi connectivity index (χ3n) is 3.25. The lowest BCUT2D eigenvalue weighted by molar-refractivity contribution is 0.313. The van der Waals surface area contributed by atoms with Crippen molar-refractivity contribution in [2.24, 2.45) is 11.5 Å². The van der Waals surface area contributed by atoms with E-state index in [2.05, 4.69) is 43.0 Å². The van der Waals surface area contributed by atoms with Gasteiger partial charge in [0.05, 0.1) is 6.61 Å². The third kappa shape index (κ3) is 8.69. The molecule has 0 spiro atoms. The highest BCUT2D eigenvalue weighted by Crippen LogP contribution is 2.15. The molecule has 2 aromatic carbocycles. The Balaban J connectivity index is 0.000000463. The molecule has 124 valence electrons. The average Bonchev–Trinajstić information content (AvgIpc) is 2.58. The van der Waals surface area contributed by atoms with Crippen molar-refractivity contribution in [3.05, 3.63) is 78.0 Å². The van der Waals surface area contributed by atoms with Gasteiger partial charge in [0.15, 0.2) is 0 Å². The first kappa shape index (κ1) is 18.8. The standard InChI is InChI=1S/C16H19NO.C4H9N/c17-11-4-12-18-16-9-7-15(8-10-16)13-14-5-2-1-3-6-14;1-3-4(2)5/h1-3,5-10H,4,11-13,17H2;2-3,5H2,1H3. The molecule has 0 bridgehead atoms. The molecule has 0 aliphatic heterocycles. The molecule has 0 amide bonds. The number of hydrogen-bond donors (Lipinski definition) is 2. The van der Waals surface area contributed by atoms with Gasteiger partial charge in [0.25, 0.3) is 0 Å². The van der Waals surface area contributed by atoms with Crippen LogP contribution in [0.3, 0.4) is 0 Å². The molecule has 23 heavy (non-hydrogen) atoms. The van der Waals surface area contributed by atoms with E-state index in [-0.39, 0.29) is 0 Å². The van der Waals surface area contributed by atoms with E-state index >= 15 is 0 Å². The van der Waals surface area contributed by atoms with Crippen LogP contribution in [-0.2, 0) is 6.42 Å². The van der Waals surface area contributed by atoms with E-state index in [9.17, 15) is 0 Å². The molecular formula is C20H28N2O. The molecule has 0 saturated carbocycles. The number of allylic oxidation sites excluding steroid dienone is 1. The highest BCUT2D eigenvalue weighted by Gasteiger charge is 1.97. The topological polar surface area (TPSA) is 61.3 Å². The molecule has 0 aliphatic carbocycles. The van der Waals surface area contributed by atoms with Crippen LogP contribution in [0.15, 0.2) is 66.9 Å². The molecule has 4 N–H and O–H groups in total. The predicted molar refractivity (Wildman–Crippen MR) is 98.5 cm³/mol. The molecule has 0 aliphatic rings. The Bertz CT molecular complexity index is 550. The van der Waals surface area contributed by atoms with E-state index in [1.165, 1.54) is 11.1 Å². The van der Waals surface area contributed by atoms with Gasteiger partial charge in [0.2, 0.25) is 0 Å². The zero-order chi connectivity index (χ0) is 16.9. The van der Waals surface area contributed by atoms with Crippen LogP contribution in [0.4, 0.5) is 0 Å². The van der Waals surface area contributed by atoms with Crippen LogP contribution < -0.4 is 16.2 Å². The second-order valence-electron chi connectivity index (χ2n) is 5.31. The molecule has 0 saturated heterocycles. The van der Waals surface area contributed by atoms with Crippen molar-refractivity contribution in [2.45, 2.75) is 26.2 Å². The van der Waals surface area contributed by atoms with Gasteiger partial charge in [-0.25, -0.2) is 0 Å². The van der Waals surface area contributed by atoms with Crippen molar-refractivity contribution in [1.29, 1.82) is 0 Å². The van der Waals surface area contributed by atoms with E-state index in [1.807, 2.05) is 25.1 Å². The Kier molecular flexibility index (Phi) is 9.25. The maximum atomic E-state index is 5.57. The second-order valence-corrected chi connectivity index (χ2v) is 5.31. The van der Waals surface area contributed by atoms with Gasteiger partial charge in [-0.05, 0) is 49.1 Å². The molecule has 0 unspecified atom stereocenters. The van der Waals surface area contributed by atoms with Gasteiger partial charge in [-0.3, -0.25) is 0 Å². The Morgan fingerprint density at radius 3 is 2.09 bits per heavy atom. The van der Waals surface area contributed by atoms with Crippen LogP contribution in [0.25, 0.3) is 0 Å². The van der Waals surface area contributed by atoms with Crippen LogP contribution in [0.1, 0.15) is 30.9 Å². The van der Waals surface area contributed by atoms with E-state index < -0.39 is 0 Å². The Morgan fingerprint density at radius 1 is 1.00 bits per heavy atom. The van der Waals surface area contributed by atoms with E-state index in [1.54, 1.807) is 0 Å². The van der Waals surface area contributed by atoms with Crippen LogP contribution >= 0.6 is 0 Å². The number of hydrogen-bond acceptors (Lipinski definition) is 3. The number of nitrogens with two attached hydrogens (primary N) is 2. The van der Waals surface area contributed by atoms with Crippen molar-refractivity contribution >= 4 is 0 Å². The minimum absolute atomic E-state index is 0.673. The Morgan fingerprint density at radius 2 is 1.57 bits per heavy atom. The maximum Gasteiger partial charge on any atom is 0.119 e. The summed E-state index contributed by atoms with van der Waals surface area (Å²) in [7, 11) is 0. The number of ether oxygens (including phenoxy) is 1. The summed E-state index contributed by atoms with van der Waals surface area (Å²) in [4.78, 5) is 0. The molecular weight excluding hydrogens is 284 g/mol. The fourth-order valence-electron chi connectivity index (χ4n) is 1.81. The van der Waals surface area contributed by atoms with Crippen LogP contribution in [0.2, 0.25) is 0 Å². The molecule has 0 radical (unpaired) electrons. The quantitative estimate of drug-likeness (QED) is 0.763. The van der Waals surface area contributed by atoms with Crippen molar-refractivity contribution in [3.63, 3.8) is 0 Å². The van der Waals surface area contributed by atoms with Gasteiger partial charge >= 0.3 is 0 Å². The van der Waals surface area contributed by atoms with E-state index in [4.69, 9.17) is 16.2 Å². The minimum atomic E-state index is 0.673. The van der Waals surface area contributed by atoms with Gasteiger partial charge in [0, 0.05) is 5.70 Å². The third-order valence-corrected chi connectivity index (χ3v) is 3.25. The summed E-state index contributed by atoms with van der Waals surface area (Å²) in [5.41, 5.74) is 13.9. The number of benzene rings is 2. The van der Waals surface area contributed by atoms with Gasteiger partial charge in [-0.15, -0.1) is 0 Å². The first-order chi connectivity index (χ1) is 11.2. The van der Waals surface area contributed by atoms with Gasteiger partial charge in [-0.1, -0.05) is 56.0 Å². The lowest BCUT2D eigenvalue weighted by Crippen LogP contribution is -2.06. The summed E-state index contributed by atoms with van der Waals surface area (Å²) in [6.45, 7) is 6.79. The van der Waals surface area contributed by atoms with Crippen molar-refractivity contribution < 1.29 is 4.74 Å². The minimum Gasteiger partial charge on any atom is -0.494 e. The molecule has 2 aromatic rings. The molecule has 3 nitrogen and oxygen atoms in total. The zero-order valence-corrected chi connectivity index (χ0v) is 14.0. The molecule has 0 fully saturated rings. The smallest absolute Gasteiger partial charge is 0.119 e. The molecule has 0 heterocycles. The lowest BCUT2D eigenvalue weighted by Gasteiger charge is -2.06. The SMILES string of the molecule is C=C(N)CC.NCCCOc1ccc(Cc2ccccc2)cc1. The number of rotatable bonds is 7. The van der Waals surface area contributed by atoms with Crippen LogP contribution in [-0.4, -0.2) is 13.2 Å². The largest absolute Gasteiger partial charge is 0.494 e. The molecule has 0 atom stereocenters. The highest BCUT2D eigenvalue weighted by molar-refractivity contribution is 5.31. The fourth-order valence-corrected chi connectivity index (χ4v) is 1.81. The van der Waals surface area contributed by atoms with Crippen LogP contribution in [0.5, 0.6) is 5.75 Å². The lowest BCUT2D eigenvalue weighted by atomic mass is 10.1. The summed E-state index contributed by atoms with van der Waals surface area (Å²) in [6.07, 6.45) is 2.75. The Labute approximate surface area is 140 Å². The normalized spacial score (nSPS) is 9.65. The van der Waals surface area contributed by atoms with E-state index in [0.29, 0.717) is 13.2 Å². The first-order valence-corrected chi connectivity index (χ1v) is 8.04. The monoisotopic (exact) mass is 312 g/mol. The summed E-state index contributed by atoms with van der Waals surface area (Å²) in [5, 5.41) is 0. The van der Waals surface area contributed by atoms with Gasteiger partial charge in [0.1, 0.15) is 5.75 Å². The van der Waals surface area contributed by atoms with Crippen molar-refractivity contribution in [2.75, 3.05) is 13.2 Å². The second kappa shape index (κ2) is 11.3. The summed E-state index contributed by atoms with van der Waals surface area (Å²) >= 11 is 0. The summed E-state index contributed by atoms with van der Waals surface area (Å²) in [5.74, 6) is 0.917. The Hall–Kier alpha value is -2.26. The van der Waals surface area contributed by atoms with Crippen LogP contribution in [0, 0.1) is 0 Å². The van der Waals surface area contributed by atoms with E-state index in [0.717, 1.165) is 30.7 Å². The van der Waals surface area contributed by atoms with Gasteiger partial charge < -0.3 is 16.2 Å². The first-order valence-electron chi connectivity index (χ1n) is 8.04. The zero-order valence-electron chi connectivity index (χ0n) is 14.0. The predicted octanol–water partition coefficient (Wildman–Crippen LogP) is 3.87.